The van der Waals surface area contributed by atoms with Gasteiger partial charge in [-0.3, -0.25) is 0 Å². The summed E-state index contributed by atoms with van der Waals surface area (Å²) in [7, 11) is 0. The van der Waals surface area contributed by atoms with Gasteiger partial charge in [-0.05, 0) is 24.1 Å². The van der Waals surface area contributed by atoms with Crippen LogP contribution in [0.5, 0.6) is 0 Å². The summed E-state index contributed by atoms with van der Waals surface area (Å²) in [6.45, 7) is 2.00. The molecule has 0 saturated heterocycles. The van der Waals surface area contributed by atoms with E-state index in [1.54, 1.807) is 6.07 Å². The standard InChI is InChI=1S/C12H16ClFN2O2/c1-2-9(7-17)16-12(18)15-6-8-3-4-11(14)10(13)5-8/h3-5,9,17H,2,6-7H2,1H3,(H2,15,16,18). The lowest BCUT2D eigenvalue weighted by Gasteiger charge is -2.14. The summed E-state index contributed by atoms with van der Waals surface area (Å²) in [5, 5.41) is 14.2. The Kier molecular flexibility index (Phi) is 5.88. The molecule has 1 atom stereocenters. The second kappa shape index (κ2) is 7.18. The van der Waals surface area contributed by atoms with Gasteiger partial charge in [0.2, 0.25) is 0 Å². The number of amides is 2. The molecular weight excluding hydrogens is 259 g/mol. The molecule has 2 amide bonds. The van der Waals surface area contributed by atoms with E-state index in [0.29, 0.717) is 12.0 Å². The first kappa shape index (κ1) is 14.7. The van der Waals surface area contributed by atoms with Crippen molar-refractivity contribution in [2.45, 2.75) is 25.9 Å². The van der Waals surface area contributed by atoms with Crippen molar-refractivity contribution >= 4 is 17.6 Å². The lowest BCUT2D eigenvalue weighted by Crippen LogP contribution is -2.43. The molecule has 1 aromatic rings. The number of aliphatic hydroxyl groups is 1. The zero-order valence-corrected chi connectivity index (χ0v) is 10.8. The molecule has 18 heavy (non-hydrogen) atoms. The number of hydrogen-bond donors (Lipinski definition) is 3. The first-order valence-corrected chi connectivity index (χ1v) is 6.03. The highest BCUT2D eigenvalue weighted by atomic mass is 35.5. The molecule has 1 rings (SSSR count). The van der Waals surface area contributed by atoms with Crippen molar-refractivity contribution in [3.8, 4) is 0 Å². The molecule has 100 valence electrons. The molecule has 0 fully saturated rings. The van der Waals surface area contributed by atoms with Crippen molar-refractivity contribution < 1.29 is 14.3 Å². The normalized spacial score (nSPS) is 12.0. The third-order valence-electron chi connectivity index (χ3n) is 2.49. The number of nitrogens with one attached hydrogen (secondary N) is 2. The average Bonchev–Trinajstić information content (AvgIpc) is 2.37. The molecule has 1 unspecified atom stereocenters. The summed E-state index contributed by atoms with van der Waals surface area (Å²) in [5.74, 6) is -0.490. The average molecular weight is 275 g/mol. The molecule has 0 radical (unpaired) electrons. The summed E-state index contributed by atoms with van der Waals surface area (Å²) < 4.78 is 12.9. The molecule has 1 aromatic carbocycles. The van der Waals surface area contributed by atoms with E-state index in [4.69, 9.17) is 16.7 Å². The fourth-order valence-corrected chi connectivity index (χ4v) is 1.55. The SMILES string of the molecule is CCC(CO)NC(=O)NCc1ccc(F)c(Cl)c1. The van der Waals surface area contributed by atoms with Gasteiger partial charge in [-0.1, -0.05) is 24.6 Å². The predicted molar refractivity (Wildman–Crippen MR) is 67.9 cm³/mol. The van der Waals surface area contributed by atoms with Gasteiger partial charge in [0.25, 0.3) is 0 Å². The number of urea groups is 1. The van der Waals surface area contributed by atoms with E-state index in [2.05, 4.69) is 10.6 Å². The van der Waals surface area contributed by atoms with Gasteiger partial charge in [-0.15, -0.1) is 0 Å². The number of benzene rings is 1. The Morgan fingerprint density at radius 2 is 2.28 bits per heavy atom. The summed E-state index contributed by atoms with van der Waals surface area (Å²) >= 11 is 5.62. The smallest absolute Gasteiger partial charge is 0.315 e. The number of hydrogen-bond acceptors (Lipinski definition) is 2. The van der Waals surface area contributed by atoms with Crippen molar-refractivity contribution in [2.75, 3.05) is 6.61 Å². The van der Waals surface area contributed by atoms with Gasteiger partial charge in [-0.25, -0.2) is 9.18 Å². The topological polar surface area (TPSA) is 61.4 Å². The van der Waals surface area contributed by atoms with Crippen LogP contribution in [0.1, 0.15) is 18.9 Å². The largest absolute Gasteiger partial charge is 0.394 e. The minimum absolute atomic E-state index is 0.0245. The fourth-order valence-electron chi connectivity index (χ4n) is 1.35. The van der Waals surface area contributed by atoms with E-state index < -0.39 is 5.82 Å². The van der Waals surface area contributed by atoms with Gasteiger partial charge >= 0.3 is 6.03 Å². The van der Waals surface area contributed by atoms with Crippen molar-refractivity contribution in [1.29, 1.82) is 0 Å². The number of carbonyl (C=O) groups excluding carboxylic acids is 1. The van der Waals surface area contributed by atoms with E-state index >= 15 is 0 Å². The van der Waals surface area contributed by atoms with Crippen LogP contribution in [0.25, 0.3) is 0 Å². The molecule has 0 heterocycles. The van der Waals surface area contributed by atoms with E-state index in [9.17, 15) is 9.18 Å². The zero-order valence-electron chi connectivity index (χ0n) is 10.0. The van der Waals surface area contributed by atoms with Crippen LogP contribution in [0.2, 0.25) is 5.02 Å². The van der Waals surface area contributed by atoms with Gasteiger partial charge < -0.3 is 15.7 Å². The van der Waals surface area contributed by atoms with Gasteiger partial charge in [-0.2, -0.15) is 0 Å². The number of carbonyl (C=O) groups is 1. The lowest BCUT2D eigenvalue weighted by molar-refractivity contribution is 0.214. The van der Waals surface area contributed by atoms with Crippen LogP contribution >= 0.6 is 11.6 Å². The van der Waals surface area contributed by atoms with Crippen LogP contribution in [-0.4, -0.2) is 23.8 Å². The molecule has 0 bridgehead atoms. The zero-order chi connectivity index (χ0) is 13.5. The van der Waals surface area contributed by atoms with E-state index in [0.717, 1.165) is 0 Å². The van der Waals surface area contributed by atoms with Crippen LogP contribution in [0.4, 0.5) is 9.18 Å². The number of halogens is 2. The van der Waals surface area contributed by atoms with Crippen LogP contribution in [0.15, 0.2) is 18.2 Å². The van der Waals surface area contributed by atoms with Gasteiger partial charge in [0, 0.05) is 6.54 Å². The van der Waals surface area contributed by atoms with Crippen LogP contribution in [0, 0.1) is 5.82 Å². The first-order valence-electron chi connectivity index (χ1n) is 5.66. The van der Waals surface area contributed by atoms with Crippen LogP contribution < -0.4 is 10.6 Å². The molecule has 0 aliphatic heterocycles. The van der Waals surface area contributed by atoms with Crippen molar-refractivity contribution in [1.82, 2.24) is 10.6 Å². The Labute approximate surface area is 110 Å². The Bertz CT molecular complexity index is 411. The molecule has 0 aliphatic carbocycles. The molecule has 4 nitrogen and oxygen atoms in total. The van der Waals surface area contributed by atoms with Crippen molar-refractivity contribution in [2.24, 2.45) is 0 Å². The Morgan fingerprint density at radius 3 is 2.83 bits per heavy atom. The van der Waals surface area contributed by atoms with Gasteiger partial charge in [0.15, 0.2) is 0 Å². The summed E-state index contributed by atoms with van der Waals surface area (Å²) in [6, 6.07) is 3.61. The minimum Gasteiger partial charge on any atom is -0.394 e. The molecular formula is C12H16ClFN2O2. The van der Waals surface area contributed by atoms with Crippen LogP contribution in [-0.2, 0) is 6.54 Å². The molecule has 0 aliphatic rings. The molecule has 0 aromatic heterocycles. The Hall–Kier alpha value is -1.33. The van der Waals surface area contributed by atoms with E-state index in [-0.39, 0.29) is 30.2 Å². The third kappa shape index (κ3) is 4.50. The van der Waals surface area contributed by atoms with Gasteiger partial charge in [0.1, 0.15) is 5.82 Å². The summed E-state index contributed by atoms with van der Waals surface area (Å²) in [6.07, 6.45) is 0.645. The first-order chi connectivity index (χ1) is 8.56. The second-order valence-electron chi connectivity index (χ2n) is 3.86. The molecule has 0 saturated carbocycles. The maximum absolute atomic E-state index is 12.9. The number of rotatable bonds is 5. The highest BCUT2D eigenvalue weighted by Gasteiger charge is 2.08. The monoisotopic (exact) mass is 274 g/mol. The molecule has 3 N–H and O–H groups in total. The lowest BCUT2D eigenvalue weighted by atomic mass is 10.2. The van der Waals surface area contributed by atoms with Crippen molar-refractivity contribution in [3.63, 3.8) is 0 Å². The summed E-state index contributed by atoms with van der Waals surface area (Å²) in [5.41, 5.74) is 0.702. The highest BCUT2D eigenvalue weighted by molar-refractivity contribution is 6.30. The fraction of sp³-hybridized carbons (Fsp3) is 0.417. The number of aliphatic hydroxyl groups excluding tert-OH is 1. The summed E-state index contributed by atoms with van der Waals surface area (Å²) in [4.78, 5) is 11.5. The van der Waals surface area contributed by atoms with E-state index in [1.165, 1.54) is 12.1 Å². The second-order valence-corrected chi connectivity index (χ2v) is 4.27. The van der Waals surface area contributed by atoms with Crippen LogP contribution in [0.3, 0.4) is 0 Å². The molecule has 6 heteroatoms. The molecule has 0 spiro atoms. The van der Waals surface area contributed by atoms with E-state index in [1.807, 2.05) is 6.92 Å². The Balaban J connectivity index is 2.44. The predicted octanol–water partition coefficient (Wildman–Crippen LogP) is 2.05. The minimum atomic E-state index is -0.490. The quantitative estimate of drug-likeness (QED) is 0.770. The van der Waals surface area contributed by atoms with Gasteiger partial charge in [0.05, 0.1) is 17.7 Å². The van der Waals surface area contributed by atoms with Crippen molar-refractivity contribution in [3.05, 3.63) is 34.6 Å². The Morgan fingerprint density at radius 1 is 1.56 bits per heavy atom. The maximum Gasteiger partial charge on any atom is 0.315 e. The third-order valence-corrected chi connectivity index (χ3v) is 2.78. The highest BCUT2D eigenvalue weighted by Crippen LogP contribution is 2.15. The maximum atomic E-state index is 12.9.